The zero-order valence-electron chi connectivity index (χ0n) is 9.38. The standard InChI is InChI=1S/C9H11ClN6S/c1-16-5-12-15-8(16)4-11-7-3-6(10)13-9(14-7)17-2/h3,5H,4H2,1-2H3,(H,11,13,14). The van der Waals surface area contributed by atoms with Gasteiger partial charge in [-0.05, 0) is 6.26 Å². The third kappa shape index (κ3) is 3.07. The molecule has 1 N–H and O–H groups in total. The largest absolute Gasteiger partial charge is 0.363 e. The number of nitrogens with one attached hydrogen (secondary N) is 1. The Labute approximate surface area is 108 Å². The molecule has 0 aliphatic heterocycles. The molecule has 0 aliphatic rings. The van der Waals surface area contributed by atoms with Crippen LogP contribution in [0.25, 0.3) is 0 Å². The summed E-state index contributed by atoms with van der Waals surface area (Å²) in [6.07, 6.45) is 3.55. The Bertz CT molecular complexity index is 514. The van der Waals surface area contributed by atoms with Gasteiger partial charge in [0.05, 0.1) is 6.54 Å². The second-order valence-corrected chi connectivity index (χ2v) is 4.43. The molecule has 0 atom stereocenters. The first-order chi connectivity index (χ1) is 8.19. The number of aryl methyl sites for hydroxylation is 1. The van der Waals surface area contributed by atoms with Crippen molar-refractivity contribution in [1.29, 1.82) is 0 Å². The van der Waals surface area contributed by atoms with E-state index in [1.54, 1.807) is 12.4 Å². The SMILES string of the molecule is CSc1nc(Cl)cc(NCc2nncn2C)n1. The lowest BCUT2D eigenvalue weighted by atomic mass is 10.5. The van der Waals surface area contributed by atoms with Crippen molar-refractivity contribution >= 4 is 29.2 Å². The van der Waals surface area contributed by atoms with Gasteiger partial charge in [0, 0.05) is 13.1 Å². The third-order valence-electron chi connectivity index (χ3n) is 2.09. The molecule has 17 heavy (non-hydrogen) atoms. The van der Waals surface area contributed by atoms with E-state index in [1.165, 1.54) is 11.8 Å². The first-order valence-corrected chi connectivity index (χ1v) is 6.44. The molecule has 0 saturated heterocycles. The highest BCUT2D eigenvalue weighted by Crippen LogP contribution is 2.17. The predicted molar refractivity (Wildman–Crippen MR) is 67.2 cm³/mol. The summed E-state index contributed by atoms with van der Waals surface area (Å²) in [5.74, 6) is 1.50. The van der Waals surface area contributed by atoms with Crippen LogP contribution in [0.15, 0.2) is 17.6 Å². The van der Waals surface area contributed by atoms with Crippen LogP contribution in [0.3, 0.4) is 0 Å². The number of hydrogen-bond acceptors (Lipinski definition) is 6. The molecule has 90 valence electrons. The molecule has 2 aromatic rings. The van der Waals surface area contributed by atoms with Crippen LogP contribution in [0, 0.1) is 0 Å². The smallest absolute Gasteiger partial charge is 0.190 e. The van der Waals surface area contributed by atoms with E-state index in [0.29, 0.717) is 22.7 Å². The van der Waals surface area contributed by atoms with Crippen LogP contribution in [0.4, 0.5) is 5.82 Å². The van der Waals surface area contributed by atoms with Gasteiger partial charge in [0.15, 0.2) is 11.0 Å². The lowest BCUT2D eigenvalue weighted by molar-refractivity contribution is 0.807. The van der Waals surface area contributed by atoms with Gasteiger partial charge in [0.1, 0.15) is 17.3 Å². The van der Waals surface area contributed by atoms with Crippen LogP contribution in [-0.4, -0.2) is 31.0 Å². The minimum absolute atomic E-state index is 0.421. The van der Waals surface area contributed by atoms with Crippen LogP contribution in [0.2, 0.25) is 5.15 Å². The number of thioether (sulfide) groups is 1. The summed E-state index contributed by atoms with van der Waals surface area (Å²) in [5, 5.41) is 11.9. The second-order valence-electron chi connectivity index (χ2n) is 3.27. The summed E-state index contributed by atoms with van der Waals surface area (Å²) in [6.45, 7) is 0.539. The maximum atomic E-state index is 5.88. The highest BCUT2D eigenvalue weighted by molar-refractivity contribution is 7.98. The quantitative estimate of drug-likeness (QED) is 0.517. The molecule has 0 amide bonds. The van der Waals surface area contributed by atoms with Gasteiger partial charge in [-0.2, -0.15) is 0 Å². The molecule has 0 unspecified atom stereocenters. The van der Waals surface area contributed by atoms with Crippen molar-refractivity contribution in [2.45, 2.75) is 11.7 Å². The summed E-state index contributed by atoms with van der Waals surface area (Å²) < 4.78 is 1.84. The predicted octanol–water partition coefficient (Wildman–Crippen LogP) is 1.59. The molecule has 2 aromatic heterocycles. The van der Waals surface area contributed by atoms with E-state index in [0.717, 1.165) is 5.82 Å². The molecule has 6 nitrogen and oxygen atoms in total. The Morgan fingerprint density at radius 3 is 2.94 bits per heavy atom. The fraction of sp³-hybridized carbons (Fsp3) is 0.333. The highest BCUT2D eigenvalue weighted by Gasteiger charge is 2.04. The Balaban J connectivity index is 2.09. The van der Waals surface area contributed by atoms with Crippen molar-refractivity contribution in [3.8, 4) is 0 Å². The number of rotatable bonds is 4. The molecule has 2 rings (SSSR count). The van der Waals surface area contributed by atoms with Crippen molar-refractivity contribution in [2.75, 3.05) is 11.6 Å². The monoisotopic (exact) mass is 270 g/mol. The van der Waals surface area contributed by atoms with E-state index in [2.05, 4.69) is 25.5 Å². The van der Waals surface area contributed by atoms with Gasteiger partial charge in [0.2, 0.25) is 0 Å². The first-order valence-electron chi connectivity index (χ1n) is 4.84. The molecular formula is C9H11ClN6S. The molecule has 0 aliphatic carbocycles. The molecule has 0 saturated carbocycles. The summed E-state index contributed by atoms with van der Waals surface area (Å²) in [7, 11) is 1.89. The lowest BCUT2D eigenvalue weighted by Gasteiger charge is -2.06. The van der Waals surface area contributed by atoms with Gasteiger partial charge in [0.25, 0.3) is 0 Å². The van der Waals surface area contributed by atoms with Crippen molar-refractivity contribution in [2.24, 2.45) is 7.05 Å². The zero-order valence-corrected chi connectivity index (χ0v) is 11.0. The molecule has 0 spiro atoms. The maximum Gasteiger partial charge on any atom is 0.190 e. The van der Waals surface area contributed by atoms with E-state index in [9.17, 15) is 0 Å². The molecule has 2 heterocycles. The van der Waals surface area contributed by atoms with E-state index >= 15 is 0 Å². The van der Waals surface area contributed by atoms with Crippen molar-refractivity contribution < 1.29 is 0 Å². The fourth-order valence-electron chi connectivity index (χ4n) is 1.22. The summed E-state index contributed by atoms with van der Waals surface area (Å²) in [6, 6.07) is 1.68. The van der Waals surface area contributed by atoms with Gasteiger partial charge in [-0.25, -0.2) is 9.97 Å². The minimum Gasteiger partial charge on any atom is -0.363 e. The van der Waals surface area contributed by atoms with Crippen LogP contribution >= 0.6 is 23.4 Å². The number of hydrogen-bond donors (Lipinski definition) is 1. The Hall–Kier alpha value is -1.34. The van der Waals surface area contributed by atoms with Crippen molar-refractivity contribution in [3.05, 3.63) is 23.4 Å². The highest BCUT2D eigenvalue weighted by atomic mass is 35.5. The van der Waals surface area contributed by atoms with Gasteiger partial charge in [-0.1, -0.05) is 23.4 Å². The molecule has 0 bridgehead atoms. The average Bonchev–Trinajstić information content (AvgIpc) is 2.71. The Morgan fingerprint density at radius 2 is 2.29 bits per heavy atom. The number of aromatic nitrogens is 5. The average molecular weight is 271 g/mol. The van der Waals surface area contributed by atoms with E-state index in [1.807, 2.05) is 17.9 Å². The fourth-order valence-corrected chi connectivity index (χ4v) is 1.83. The van der Waals surface area contributed by atoms with E-state index < -0.39 is 0 Å². The third-order valence-corrected chi connectivity index (χ3v) is 2.83. The number of anilines is 1. The van der Waals surface area contributed by atoms with Gasteiger partial charge < -0.3 is 9.88 Å². The lowest BCUT2D eigenvalue weighted by Crippen LogP contribution is -2.07. The summed E-state index contributed by atoms with van der Waals surface area (Å²) in [5.41, 5.74) is 0. The van der Waals surface area contributed by atoms with Gasteiger partial charge in [-0.15, -0.1) is 10.2 Å². The molecule has 0 radical (unpaired) electrons. The molecular weight excluding hydrogens is 260 g/mol. The topological polar surface area (TPSA) is 68.5 Å². The van der Waals surface area contributed by atoms with Crippen LogP contribution in [0.5, 0.6) is 0 Å². The van der Waals surface area contributed by atoms with E-state index in [-0.39, 0.29) is 0 Å². The minimum atomic E-state index is 0.421. The number of halogens is 1. The maximum absolute atomic E-state index is 5.88. The Morgan fingerprint density at radius 1 is 1.47 bits per heavy atom. The first kappa shape index (κ1) is 12.1. The summed E-state index contributed by atoms with van der Waals surface area (Å²) >= 11 is 7.33. The Kier molecular flexibility index (Phi) is 3.80. The second kappa shape index (κ2) is 5.33. The number of nitrogens with zero attached hydrogens (tertiary/aromatic N) is 5. The van der Waals surface area contributed by atoms with Crippen LogP contribution in [0.1, 0.15) is 5.82 Å². The van der Waals surface area contributed by atoms with Gasteiger partial charge in [-0.3, -0.25) is 0 Å². The molecule has 8 heteroatoms. The normalized spacial score (nSPS) is 10.5. The van der Waals surface area contributed by atoms with Crippen molar-refractivity contribution in [1.82, 2.24) is 24.7 Å². The zero-order chi connectivity index (χ0) is 12.3. The van der Waals surface area contributed by atoms with E-state index in [4.69, 9.17) is 11.6 Å². The van der Waals surface area contributed by atoms with Crippen molar-refractivity contribution in [3.63, 3.8) is 0 Å². The van der Waals surface area contributed by atoms with Crippen LogP contribution in [-0.2, 0) is 13.6 Å². The van der Waals surface area contributed by atoms with Crippen LogP contribution < -0.4 is 5.32 Å². The summed E-state index contributed by atoms with van der Waals surface area (Å²) in [4.78, 5) is 8.34. The molecule has 0 fully saturated rings. The van der Waals surface area contributed by atoms with Gasteiger partial charge >= 0.3 is 0 Å². The molecule has 0 aromatic carbocycles.